The molecule has 5 heterocycles. The monoisotopic (exact) mass is 832 g/mol. The van der Waals surface area contributed by atoms with Crippen molar-refractivity contribution >= 4 is 34.8 Å². The number of esters is 1. The van der Waals surface area contributed by atoms with E-state index in [1.807, 2.05) is 89.3 Å². The lowest BCUT2D eigenvalue weighted by molar-refractivity contribution is -0.296. The van der Waals surface area contributed by atoms with Crippen LogP contribution >= 0.6 is 0 Å². The van der Waals surface area contributed by atoms with Crippen LogP contribution in [0.1, 0.15) is 78.9 Å². The van der Waals surface area contributed by atoms with E-state index >= 15 is 4.79 Å². The minimum absolute atomic E-state index is 0.00338. The Labute approximate surface area is 353 Å². The van der Waals surface area contributed by atoms with Crippen molar-refractivity contribution in [2.75, 3.05) is 27.2 Å². The molecule has 15 nitrogen and oxygen atoms in total. The predicted octanol–water partition coefficient (Wildman–Crippen LogP) is 4.83. The second kappa shape index (κ2) is 19.2. The Hall–Kier alpha value is -4.25. The van der Waals surface area contributed by atoms with Gasteiger partial charge in [-0.2, -0.15) is 5.10 Å². The number of nitrogens with one attached hydrogen (secondary N) is 3. The molecule has 60 heavy (non-hydrogen) atoms. The quantitative estimate of drug-likeness (QED) is 0.161. The third-order valence-corrected chi connectivity index (χ3v) is 12.6. The normalized spacial score (nSPS) is 36.0. The molecule has 4 N–H and O–H groups in total. The van der Waals surface area contributed by atoms with Crippen molar-refractivity contribution in [2.24, 2.45) is 17.8 Å². The van der Waals surface area contributed by atoms with Crippen LogP contribution in [0.4, 0.5) is 4.79 Å². The summed E-state index contributed by atoms with van der Waals surface area (Å²) in [6.07, 6.45) is 5.25. The fourth-order valence-electron chi connectivity index (χ4n) is 9.39. The lowest BCUT2D eigenvalue weighted by Gasteiger charge is -2.47. The third kappa shape index (κ3) is 10.1. The van der Waals surface area contributed by atoms with Crippen molar-refractivity contribution in [3.8, 4) is 0 Å². The second-order valence-corrected chi connectivity index (χ2v) is 17.7. The van der Waals surface area contributed by atoms with Crippen LogP contribution < -0.4 is 10.6 Å². The van der Waals surface area contributed by atoms with Gasteiger partial charge in [-0.3, -0.25) is 19.7 Å². The Bertz CT molecular complexity index is 1960. The number of aromatic nitrogens is 3. The molecule has 2 aromatic heterocycles. The highest BCUT2D eigenvalue weighted by Crippen LogP contribution is 2.38. The van der Waals surface area contributed by atoms with Gasteiger partial charge >= 0.3 is 12.1 Å². The van der Waals surface area contributed by atoms with Gasteiger partial charge in [-0.25, -0.2) is 4.79 Å². The summed E-state index contributed by atoms with van der Waals surface area (Å²) in [5, 5.41) is 26.2. The first kappa shape index (κ1) is 45.3. The first-order valence-electron chi connectivity index (χ1n) is 21.3. The number of para-hydroxylation sites is 1. The number of hydrogen-bond acceptors (Lipinski definition) is 13. The maximum Gasteiger partial charge on any atom is 0.408 e. The number of amides is 1. The second-order valence-electron chi connectivity index (χ2n) is 17.7. The van der Waals surface area contributed by atoms with Crippen LogP contribution in [0.25, 0.3) is 17.0 Å². The number of ketones is 1. The van der Waals surface area contributed by atoms with E-state index in [9.17, 15) is 14.7 Å². The van der Waals surface area contributed by atoms with E-state index < -0.39 is 71.5 Å². The number of fused-ring (bicyclic) bond motifs is 2. The number of benzene rings is 1. The molecule has 13 atom stereocenters. The number of ether oxygens (including phenoxy) is 5. The SMILES string of the molecule is CC[C@H]1OC(=O)C(Cc2cn[nH]c2)C(=O)[C@H](C)[C@@H](O[C@@H]2OC(C)CC(N(C)C)C2O)[C@](C)(OC/C=C/c2cnc3ccccc3c2)C[C@@H](C)CN[C@H](C)[C@H]2NC(=O)O[C@@]21C. The number of Topliss-reactive ketones (excluding diaryl/α,β-unsaturated/α-hetero) is 1. The molecule has 3 aliphatic rings. The number of aliphatic hydroxyl groups excluding tert-OH is 1. The number of cyclic esters (lactones) is 1. The highest BCUT2D eigenvalue weighted by molar-refractivity contribution is 6.00. The molecule has 6 rings (SSSR count). The Morgan fingerprint density at radius 2 is 1.85 bits per heavy atom. The zero-order chi connectivity index (χ0) is 43.4. The average molecular weight is 833 g/mol. The lowest BCUT2D eigenvalue weighted by Crippen LogP contribution is -2.60. The van der Waals surface area contributed by atoms with Crippen LogP contribution in [0.3, 0.4) is 0 Å². The summed E-state index contributed by atoms with van der Waals surface area (Å²) in [5.74, 6) is -3.53. The van der Waals surface area contributed by atoms with Gasteiger partial charge in [0.15, 0.2) is 17.7 Å². The number of rotatable bonds is 10. The lowest BCUT2D eigenvalue weighted by atomic mass is 9.77. The van der Waals surface area contributed by atoms with Gasteiger partial charge < -0.3 is 44.3 Å². The maximum absolute atomic E-state index is 15.2. The van der Waals surface area contributed by atoms with Crippen LogP contribution in [0.2, 0.25) is 0 Å². The first-order chi connectivity index (χ1) is 28.5. The van der Waals surface area contributed by atoms with Crippen molar-refractivity contribution in [3.63, 3.8) is 0 Å². The maximum atomic E-state index is 15.2. The summed E-state index contributed by atoms with van der Waals surface area (Å²) in [5.41, 5.74) is 0.00607. The number of hydrogen-bond donors (Lipinski definition) is 4. The molecule has 4 unspecified atom stereocenters. The van der Waals surface area contributed by atoms with Gasteiger partial charge in [0.05, 0.1) is 42.2 Å². The Balaban J connectivity index is 1.41. The van der Waals surface area contributed by atoms with Gasteiger partial charge in [-0.05, 0) is 103 Å². The molecule has 0 radical (unpaired) electrons. The van der Waals surface area contributed by atoms with Crippen molar-refractivity contribution in [1.29, 1.82) is 0 Å². The Kier molecular flexibility index (Phi) is 14.5. The Morgan fingerprint density at radius 3 is 2.57 bits per heavy atom. The minimum Gasteiger partial charge on any atom is -0.457 e. The average Bonchev–Trinajstić information content (AvgIpc) is 3.85. The molecule has 0 spiro atoms. The molecule has 3 fully saturated rings. The van der Waals surface area contributed by atoms with Gasteiger partial charge in [0, 0.05) is 35.8 Å². The summed E-state index contributed by atoms with van der Waals surface area (Å²) >= 11 is 0. The summed E-state index contributed by atoms with van der Waals surface area (Å²) in [7, 11) is 3.81. The number of pyridine rings is 1. The highest BCUT2D eigenvalue weighted by Gasteiger charge is 2.56. The first-order valence-corrected chi connectivity index (χ1v) is 21.3. The smallest absolute Gasteiger partial charge is 0.408 e. The third-order valence-electron chi connectivity index (χ3n) is 12.6. The van der Waals surface area contributed by atoms with Crippen LogP contribution in [0, 0.1) is 17.8 Å². The standard InChI is InChI=1S/C45H64N6O9/c1-10-36-45(7)39(50-43(55)60-45)29(5)46-22-26(2)21-44(6,56-17-13-14-30-19-32-15-11-12-16-34(32)47-23-30)40(59-42-38(53)35(51(8)9)18-27(3)57-42)28(4)37(52)33(41(54)58-36)20-31-24-48-49-25-31/h11-16,19,23-29,33,35-36,38-40,42,46,53H,10,17-18,20-22H2,1-9H3,(H,48,49)(H,50,55)/b14-13+/t26-,27?,28+,29-,33?,35?,36-,38?,39-,40-,42+,44-,45-/m1/s1. The molecule has 3 saturated heterocycles. The molecule has 0 bridgehead atoms. The number of nitrogens with zero attached hydrogens (tertiary/aromatic N) is 3. The van der Waals surface area contributed by atoms with E-state index in [-0.39, 0.29) is 37.1 Å². The number of aliphatic hydroxyl groups is 1. The zero-order valence-electron chi connectivity index (χ0n) is 36.4. The summed E-state index contributed by atoms with van der Waals surface area (Å²) in [6, 6.07) is 8.82. The van der Waals surface area contributed by atoms with E-state index in [1.165, 1.54) is 0 Å². The van der Waals surface area contributed by atoms with E-state index in [1.54, 1.807) is 26.2 Å². The predicted molar refractivity (Wildman–Crippen MR) is 226 cm³/mol. The molecule has 328 valence electrons. The van der Waals surface area contributed by atoms with Crippen molar-refractivity contribution < 1.29 is 43.2 Å². The van der Waals surface area contributed by atoms with Gasteiger partial charge in [0.25, 0.3) is 0 Å². The summed E-state index contributed by atoms with van der Waals surface area (Å²) in [4.78, 5) is 49.1. The van der Waals surface area contributed by atoms with Crippen LogP contribution in [-0.4, -0.2) is 130 Å². The van der Waals surface area contributed by atoms with Crippen molar-refractivity contribution in [3.05, 3.63) is 66.1 Å². The molecule has 1 aromatic carbocycles. The summed E-state index contributed by atoms with van der Waals surface area (Å²) < 4.78 is 32.3. The van der Waals surface area contributed by atoms with Gasteiger partial charge in [0.2, 0.25) is 0 Å². The molecule has 1 amide bonds. The number of aromatic amines is 1. The fourth-order valence-corrected chi connectivity index (χ4v) is 9.39. The van der Waals surface area contributed by atoms with E-state index in [0.717, 1.165) is 16.5 Å². The molecule has 3 aliphatic heterocycles. The fraction of sp³-hybridized carbons (Fsp3) is 0.622. The van der Waals surface area contributed by atoms with E-state index in [4.69, 9.17) is 23.7 Å². The largest absolute Gasteiger partial charge is 0.457 e. The van der Waals surface area contributed by atoms with Crippen LogP contribution in [0.5, 0.6) is 0 Å². The molecule has 0 saturated carbocycles. The molecular formula is C45H64N6O9. The number of carbonyl (C=O) groups excluding carboxylic acids is 3. The number of carbonyl (C=O) groups is 3. The zero-order valence-corrected chi connectivity index (χ0v) is 36.4. The summed E-state index contributed by atoms with van der Waals surface area (Å²) in [6.45, 7) is 13.9. The van der Waals surface area contributed by atoms with Crippen LogP contribution in [0.15, 0.2) is 55.0 Å². The Morgan fingerprint density at radius 1 is 1.08 bits per heavy atom. The van der Waals surface area contributed by atoms with Crippen molar-refractivity contribution in [2.45, 2.75) is 134 Å². The number of H-pyrrole nitrogens is 1. The van der Waals surface area contributed by atoms with Gasteiger partial charge in [-0.1, -0.05) is 51.1 Å². The highest BCUT2D eigenvalue weighted by atomic mass is 16.7. The number of likely N-dealkylation sites (N-methyl/N-ethyl adjacent to an activating group) is 1. The number of alkyl carbamates (subject to hydrolysis) is 1. The van der Waals surface area contributed by atoms with Crippen LogP contribution in [-0.2, 0) is 39.7 Å². The van der Waals surface area contributed by atoms with E-state index in [2.05, 4.69) is 38.8 Å². The van der Waals surface area contributed by atoms with Gasteiger partial charge in [-0.15, -0.1) is 0 Å². The molecular weight excluding hydrogens is 769 g/mol. The minimum atomic E-state index is -1.29. The molecule has 15 heteroatoms. The molecule has 3 aromatic rings. The van der Waals surface area contributed by atoms with Crippen molar-refractivity contribution in [1.82, 2.24) is 30.7 Å². The topological polar surface area (TPSA) is 186 Å². The van der Waals surface area contributed by atoms with Gasteiger partial charge in [0.1, 0.15) is 18.1 Å². The van der Waals surface area contributed by atoms with E-state index in [0.29, 0.717) is 31.4 Å². The molecule has 0 aliphatic carbocycles.